The Labute approximate surface area is 120 Å². The van der Waals surface area contributed by atoms with Crippen LogP contribution in [0.1, 0.15) is 25.3 Å². The summed E-state index contributed by atoms with van der Waals surface area (Å²) >= 11 is 3.25. The predicted molar refractivity (Wildman–Crippen MR) is 75.9 cm³/mol. The SMILES string of the molecule is CC1(O)CCCN(Cc2ccc(Br)cc2[N+](=O)[O-])C1. The molecule has 0 spiro atoms. The molecule has 1 atom stereocenters. The highest BCUT2D eigenvalue weighted by atomic mass is 79.9. The van der Waals surface area contributed by atoms with Gasteiger partial charge in [0.25, 0.3) is 5.69 Å². The van der Waals surface area contributed by atoms with Crippen LogP contribution in [0.3, 0.4) is 0 Å². The van der Waals surface area contributed by atoms with Gasteiger partial charge in [0.15, 0.2) is 0 Å². The summed E-state index contributed by atoms with van der Waals surface area (Å²) in [5, 5.41) is 21.1. The molecule has 1 N–H and O–H groups in total. The van der Waals surface area contributed by atoms with Gasteiger partial charge in [-0.25, -0.2) is 0 Å². The molecule has 1 aromatic carbocycles. The standard InChI is InChI=1S/C13H17BrN2O3/c1-13(17)5-2-6-15(9-13)8-10-3-4-11(14)7-12(10)16(18)19/h3-4,7,17H,2,5-6,8-9H2,1H3. The average Bonchev–Trinajstić information content (AvgIpc) is 2.30. The fourth-order valence-corrected chi connectivity index (χ4v) is 2.89. The number of β-amino-alcohol motifs (C(OH)–C–C–N with tert-alkyl or cyclic N) is 1. The third kappa shape index (κ3) is 3.75. The molecule has 0 radical (unpaired) electrons. The summed E-state index contributed by atoms with van der Waals surface area (Å²) < 4.78 is 0.702. The van der Waals surface area contributed by atoms with E-state index in [4.69, 9.17) is 0 Å². The maximum atomic E-state index is 11.1. The molecule has 2 rings (SSSR count). The minimum absolute atomic E-state index is 0.125. The number of nitro benzene ring substituents is 1. The summed E-state index contributed by atoms with van der Waals surface area (Å²) in [6, 6.07) is 5.10. The Morgan fingerprint density at radius 3 is 2.95 bits per heavy atom. The van der Waals surface area contributed by atoms with Crippen molar-refractivity contribution in [3.05, 3.63) is 38.3 Å². The summed E-state index contributed by atoms with van der Waals surface area (Å²) in [4.78, 5) is 12.8. The second-order valence-corrected chi connectivity index (χ2v) is 6.26. The van der Waals surface area contributed by atoms with Crippen LogP contribution in [0, 0.1) is 10.1 Å². The number of nitrogens with zero attached hydrogens (tertiary/aromatic N) is 2. The van der Waals surface area contributed by atoms with Gasteiger partial charge in [-0.05, 0) is 38.4 Å². The van der Waals surface area contributed by atoms with Gasteiger partial charge in [-0.15, -0.1) is 0 Å². The fourth-order valence-electron chi connectivity index (χ4n) is 2.54. The monoisotopic (exact) mass is 328 g/mol. The molecule has 0 amide bonds. The molecule has 0 aromatic heterocycles. The number of hydrogen-bond donors (Lipinski definition) is 1. The second-order valence-electron chi connectivity index (χ2n) is 5.34. The fraction of sp³-hybridized carbons (Fsp3) is 0.538. The number of piperidine rings is 1. The molecule has 5 nitrogen and oxygen atoms in total. The number of hydrogen-bond acceptors (Lipinski definition) is 4. The van der Waals surface area contributed by atoms with Gasteiger partial charge in [0.2, 0.25) is 0 Å². The van der Waals surface area contributed by atoms with Crippen LogP contribution >= 0.6 is 15.9 Å². The largest absolute Gasteiger partial charge is 0.389 e. The molecule has 0 bridgehead atoms. The van der Waals surface area contributed by atoms with E-state index in [1.807, 2.05) is 13.0 Å². The number of aliphatic hydroxyl groups is 1. The molecule has 19 heavy (non-hydrogen) atoms. The molecule has 1 heterocycles. The summed E-state index contributed by atoms with van der Waals surface area (Å²) in [6.45, 7) is 3.73. The van der Waals surface area contributed by atoms with E-state index >= 15 is 0 Å². The van der Waals surface area contributed by atoms with Crippen molar-refractivity contribution in [2.24, 2.45) is 0 Å². The van der Waals surface area contributed by atoms with Gasteiger partial charge >= 0.3 is 0 Å². The highest BCUT2D eigenvalue weighted by Gasteiger charge is 2.29. The van der Waals surface area contributed by atoms with Gasteiger partial charge in [-0.1, -0.05) is 15.9 Å². The molecule has 1 aliphatic heterocycles. The molecule has 1 aliphatic rings. The first-order valence-electron chi connectivity index (χ1n) is 6.25. The zero-order valence-electron chi connectivity index (χ0n) is 10.8. The lowest BCUT2D eigenvalue weighted by Gasteiger charge is -2.36. The molecule has 1 unspecified atom stereocenters. The Morgan fingerprint density at radius 2 is 2.32 bits per heavy atom. The van der Waals surface area contributed by atoms with Crippen molar-refractivity contribution >= 4 is 21.6 Å². The van der Waals surface area contributed by atoms with Crippen molar-refractivity contribution in [1.82, 2.24) is 4.90 Å². The van der Waals surface area contributed by atoms with Crippen molar-refractivity contribution < 1.29 is 10.0 Å². The number of likely N-dealkylation sites (tertiary alicyclic amines) is 1. The van der Waals surface area contributed by atoms with Crippen molar-refractivity contribution in [1.29, 1.82) is 0 Å². The average molecular weight is 329 g/mol. The Kier molecular flexibility index (Phi) is 4.23. The van der Waals surface area contributed by atoms with Crippen molar-refractivity contribution in [2.45, 2.75) is 31.9 Å². The van der Waals surface area contributed by atoms with Gasteiger partial charge in [0, 0.05) is 29.2 Å². The van der Waals surface area contributed by atoms with Crippen LogP contribution in [0.2, 0.25) is 0 Å². The summed E-state index contributed by atoms with van der Waals surface area (Å²) in [7, 11) is 0. The van der Waals surface area contributed by atoms with E-state index in [2.05, 4.69) is 20.8 Å². The van der Waals surface area contributed by atoms with Gasteiger partial charge in [0.05, 0.1) is 10.5 Å². The van der Waals surface area contributed by atoms with Crippen LogP contribution < -0.4 is 0 Å². The summed E-state index contributed by atoms with van der Waals surface area (Å²) in [5.74, 6) is 0. The minimum atomic E-state index is -0.692. The van der Waals surface area contributed by atoms with Crippen LogP contribution in [0.25, 0.3) is 0 Å². The predicted octanol–water partition coefficient (Wildman–Crippen LogP) is 2.70. The van der Waals surface area contributed by atoms with E-state index in [9.17, 15) is 15.2 Å². The zero-order chi connectivity index (χ0) is 14.0. The smallest absolute Gasteiger partial charge is 0.275 e. The van der Waals surface area contributed by atoms with Crippen molar-refractivity contribution in [3.8, 4) is 0 Å². The molecule has 1 saturated heterocycles. The Hall–Kier alpha value is -0.980. The second kappa shape index (κ2) is 5.56. The van der Waals surface area contributed by atoms with Gasteiger partial charge in [0.1, 0.15) is 0 Å². The van der Waals surface area contributed by atoms with Crippen LogP contribution in [0.4, 0.5) is 5.69 Å². The van der Waals surface area contributed by atoms with E-state index in [-0.39, 0.29) is 10.6 Å². The van der Waals surface area contributed by atoms with Gasteiger partial charge < -0.3 is 5.11 Å². The third-order valence-electron chi connectivity index (χ3n) is 3.39. The zero-order valence-corrected chi connectivity index (χ0v) is 12.4. The van der Waals surface area contributed by atoms with Crippen molar-refractivity contribution in [3.63, 3.8) is 0 Å². The number of benzene rings is 1. The van der Waals surface area contributed by atoms with E-state index in [1.165, 1.54) is 6.07 Å². The number of rotatable bonds is 3. The lowest BCUT2D eigenvalue weighted by molar-refractivity contribution is -0.385. The summed E-state index contributed by atoms with van der Waals surface area (Å²) in [5.41, 5.74) is 0.119. The third-order valence-corrected chi connectivity index (χ3v) is 3.89. The quantitative estimate of drug-likeness (QED) is 0.684. The van der Waals surface area contributed by atoms with Gasteiger partial charge in [-0.2, -0.15) is 0 Å². The van der Waals surface area contributed by atoms with E-state index in [0.29, 0.717) is 23.1 Å². The lowest BCUT2D eigenvalue weighted by atomic mass is 9.95. The minimum Gasteiger partial charge on any atom is -0.389 e. The van der Waals surface area contributed by atoms with Crippen molar-refractivity contribution in [2.75, 3.05) is 13.1 Å². The highest BCUT2D eigenvalue weighted by Crippen LogP contribution is 2.27. The molecule has 6 heteroatoms. The van der Waals surface area contributed by atoms with E-state index in [0.717, 1.165) is 19.4 Å². The molecular weight excluding hydrogens is 312 g/mol. The first-order chi connectivity index (χ1) is 8.87. The molecule has 0 saturated carbocycles. The molecule has 1 aromatic rings. The molecule has 1 fully saturated rings. The van der Waals surface area contributed by atoms with Crippen LogP contribution in [0.5, 0.6) is 0 Å². The number of halogens is 1. The molecular formula is C13H17BrN2O3. The maximum Gasteiger partial charge on any atom is 0.275 e. The number of nitro groups is 1. The first kappa shape index (κ1) is 14.4. The Morgan fingerprint density at radius 1 is 1.58 bits per heavy atom. The maximum absolute atomic E-state index is 11.1. The van der Waals surface area contributed by atoms with Crippen LogP contribution in [0.15, 0.2) is 22.7 Å². The van der Waals surface area contributed by atoms with E-state index in [1.54, 1.807) is 6.07 Å². The van der Waals surface area contributed by atoms with Crippen LogP contribution in [-0.2, 0) is 6.54 Å². The lowest BCUT2D eigenvalue weighted by Crippen LogP contribution is -2.45. The normalized spacial score (nSPS) is 24.4. The highest BCUT2D eigenvalue weighted by molar-refractivity contribution is 9.10. The van der Waals surface area contributed by atoms with E-state index < -0.39 is 5.60 Å². The summed E-state index contributed by atoms with van der Waals surface area (Å²) in [6.07, 6.45) is 1.70. The van der Waals surface area contributed by atoms with Gasteiger partial charge in [-0.3, -0.25) is 15.0 Å². The Bertz CT molecular complexity index is 491. The first-order valence-corrected chi connectivity index (χ1v) is 7.04. The molecule has 104 valence electrons. The molecule has 0 aliphatic carbocycles. The Balaban J connectivity index is 2.17. The topological polar surface area (TPSA) is 66.6 Å². The van der Waals surface area contributed by atoms with Crippen LogP contribution in [-0.4, -0.2) is 33.6 Å².